The molecule has 0 bridgehead atoms. The zero-order valence-corrected chi connectivity index (χ0v) is 14.3. The summed E-state index contributed by atoms with van der Waals surface area (Å²) in [6, 6.07) is 4.04. The maximum absolute atomic E-state index is 6.28. The Bertz CT molecular complexity index is 444. The van der Waals surface area contributed by atoms with Gasteiger partial charge in [0.25, 0.3) is 0 Å². The molecule has 0 amide bonds. The smallest absolute Gasteiger partial charge is 0.128 e. The fourth-order valence-electron chi connectivity index (χ4n) is 2.62. The van der Waals surface area contributed by atoms with Gasteiger partial charge in [-0.2, -0.15) is 0 Å². The van der Waals surface area contributed by atoms with Gasteiger partial charge in [-0.15, -0.1) is 0 Å². The van der Waals surface area contributed by atoms with Crippen LogP contribution in [-0.4, -0.2) is 24.6 Å². The molecule has 1 aromatic rings. The van der Waals surface area contributed by atoms with E-state index >= 15 is 0 Å². The molecular formula is C17H28ClN3. The molecular weight excluding hydrogens is 282 g/mol. The number of nitrogens with one attached hydrogen (secondary N) is 1. The number of nitrogens with zero attached hydrogens (tertiary/aromatic N) is 2. The van der Waals surface area contributed by atoms with Gasteiger partial charge >= 0.3 is 0 Å². The second-order valence-corrected chi connectivity index (χ2v) is 6.87. The lowest BCUT2D eigenvalue weighted by molar-refractivity contribution is 0.318. The largest absolute Gasteiger partial charge is 0.357 e. The Morgan fingerprint density at radius 2 is 2.14 bits per heavy atom. The van der Waals surface area contributed by atoms with Crippen LogP contribution in [0, 0.1) is 11.8 Å². The van der Waals surface area contributed by atoms with E-state index in [1.807, 2.05) is 6.07 Å². The standard InChI is InChI=1S/C17H28ClN3/c1-4-21(12-14-6-5-7-14)17-9-8-15(18)16(20-17)11-19-10-13(2)3/h8-9,13-14,19H,4-7,10-12H2,1-3H3. The van der Waals surface area contributed by atoms with Crippen LogP contribution in [0.4, 0.5) is 5.82 Å². The summed E-state index contributed by atoms with van der Waals surface area (Å²) in [6.45, 7) is 10.5. The highest BCUT2D eigenvalue weighted by Crippen LogP contribution is 2.29. The number of hydrogen-bond acceptors (Lipinski definition) is 3. The third-order valence-corrected chi connectivity index (χ3v) is 4.50. The number of pyridine rings is 1. The summed E-state index contributed by atoms with van der Waals surface area (Å²) in [4.78, 5) is 7.16. The minimum absolute atomic E-state index is 0.637. The Labute approximate surface area is 134 Å². The van der Waals surface area contributed by atoms with Crippen molar-refractivity contribution in [3.05, 3.63) is 22.8 Å². The average molecular weight is 310 g/mol. The highest BCUT2D eigenvalue weighted by Gasteiger charge is 2.21. The van der Waals surface area contributed by atoms with E-state index in [0.29, 0.717) is 5.92 Å². The van der Waals surface area contributed by atoms with Crippen LogP contribution in [0.2, 0.25) is 5.02 Å². The van der Waals surface area contributed by atoms with Crippen LogP contribution >= 0.6 is 11.6 Å². The molecule has 118 valence electrons. The monoisotopic (exact) mass is 309 g/mol. The van der Waals surface area contributed by atoms with Gasteiger partial charge in [0.1, 0.15) is 5.82 Å². The van der Waals surface area contributed by atoms with Crippen LogP contribution in [0.3, 0.4) is 0 Å². The van der Waals surface area contributed by atoms with E-state index in [-0.39, 0.29) is 0 Å². The van der Waals surface area contributed by atoms with Crippen LogP contribution in [0.1, 0.15) is 45.7 Å². The molecule has 0 aromatic carbocycles. The molecule has 1 aromatic heterocycles. The highest BCUT2D eigenvalue weighted by atomic mass is 35.5. The van der Waals surface area contributed by atoms with E-state index in [2.05, 4.69) is 37.1 Å². The van der Waals surface area contributed by atoms with Gasteiger partial charge in [-0.25, -0.2) is 4.98 Å². The van der Waals surface area contributed by atoms with Gasteiger partial charge < -0.3 is 10.2 Å². The fourth-order valence-corrected chi connectivity index (χ4v) is 2.80. The SMILES string of the molecule is CCN(CC1CCC1)c1ccc(Cl)c(CNCC(C)C)n1. The third-order valence-electron chi connectivity index (χ3n) is 4.16. The summed E-state index contributed by atoms with van der Waals surface area (Å²) in [5, 5.41) is 4.18. The van der Waals surface area contributed by atoms with E-state index in [1.54, 1.807) is 0 Å². The summed E-state index contributed by atoms with van der Waals surface area (Å²) < 4.78 is 0. The molecule has 0 unspecified atom stereocenters. The highest BCUT2D eigenvalue weighted by molar-refractivity contribution is 6.31. The molecule has 1 aliphatic carbocycles. The molecule has 1 N–H and O–H groups in total. The Morgan fingerprint density at radius 1 is 1.38 bits per heavy atom. The Morgan fingerprint density at radius 3 is 2.71 bits per heavy atom. The first-order valence-corrected chi connectivity index (χ1v) is 8.59. The fraction of sp³-hybridized carbons (Fsp3) is 0.706. The topological polar surface area (TPSA) is 28.2 Å². The van der Waals surface area contributed by atoms with Gasteiger partial charge in [-0.05, 0) is 50.3 Å². The summed E-state index contributed by atoms with van der Waals surface area (Å²) >= 11 is 6.28. The van der Waals surface area contributed by atoms with Crippen LogP contribution in [0.5, 0.6) is 0 Å². The molecule has 2 rings (SSSR count). The molecule has 0 spiro atoms. The molecule has 0 atom stereocenters. The predicted octanol–water partition coefficient (Wildman–Crippen LogP) is 4.11. The van der Waals surface area contributed by atoms with E-state index in [1.165, 1.54) is 19.3 Å². The van der Waals surface area contributed by atoms with Gasteiger partial charge in [-0.3, -0.25) is 0 Å². The molecule has 3 nitrogen and oxygen atoms in total. The number of anilines is 1. The van der Waals surface area contributed by atoms with Crippen molar-refractivity contribution in [2.75, 3.05) is 24.5 Å². The molecule has 21 heavy (non-hydrogen) atoms. The lowest BCUT2D eigenvalue weighted by atomic mass is 9.85. The van der Waals surface area contributed by atoms with Gasteiger partial charge in [0, 0.05) is 19.6 Å². The van der Waals surface area contributed by atoms with Gasteiger partial charge in [0.15, 0.2) is 0 Å². The minimum atomic E-state index is 0.637. The van der Waals surface area contributed by atoms with Crippen molar-refractivity contribution < 1.29 is 0 Å². The normalized spacial score (nSPS) is 15.3. The zero-order valence-electron chi connectivity index (χ0n) is 13.5. The Hall–Kier alpha value is -0.800. The van der Waals surface area contributed by atoms with Crippen molar-refractivity contribution >= 4 is 17.4 Å². The summed E-state index contributed by atoms with van der Waals surface area (Å²) in [5.41, 5.74) is 0.960. The van der Waals surface area contributed by atoms with E-state index in [4.69, 9.17) is 16.6 Å². The molecule has 1 heterocycles. The average Bonchev–Trinajstić information content (AvgIpc) is 2.40. The van der Waals surface area contributed by atoms with Crippen LogP contribution in [0.25, 0.3) is 0 Å². The second-order valence-electron chi connectivity index (χ2n) is 6.46. The van der Waals surface area contributed by atoms with E-state index in [9.17, 15) is 0 Å². The molecule has 0 saturated heterocycles. The Balaban J connectivity index is 2.01. The molecule has 1 fully saturated rings. The van der Waals surface area contributed by atoms with Gasteiger partial charge in [-0.1, -0.05) is 31.9 Å². The maximum atomic E-state index is 6.28. The van der Waals surface area contributed by atoms with Crippen LogP contribution in [0.15, 0.2) is 12.1 Å². The quantitative estimate of drug-likeness (QED) is 0.783. The van der Waals surface area contributed by atoms with Crippen molar-refractivity contribution in [2.45, 2.75) is 46.6 Å². The lowest BCUT2D eigenvalue weighted by Crippen LogP contribution is -2.33. The van der Waals surface area contributed by atoms with Crippen LogP contribution in [-0.2, 0) is 6.54 Å². The molecule has 0 radical (unpaired) electrons. The number of rotatable bonds is 8. The summed E-state index contributed by atoms with van der Waals surface area (Å²) in [6.07, 6.45) is 4.13. The van der Waals surface area contributed by atoms with Crippen molar-refractivity contribution in [3.63, 3.8) is 0 Å². The number of hydrogen-bond donors (Lipinski definition) is 1. The summed E-state index contributed by atoms with van der Waals surface area (Å²) in [5.74, 6) is 2.55. The first kappa shape index (κ1) is 16.6. The Kier molecular flexibility index (Phi) is 6.31. The zero-order chi connectivity index (χ0) is 15.2. The van der Waals surface area contributed by atoms with E-state index in [0.717, 1.165) is 48.6 Å². The summed E-state index contributed by atoms with van der Waals surface area (Å²) in [7, 11) is 0. The third kappa shape index (κ3) is 4.86. The molecule has 4 heteroatoms. The van der Waals surface area contributed by atoms with Crippen molar-refractivity contribution in [3.8, 4) is 0 Å². The maximum Gasteiger partial charge on any atom is 0.128 e. The molecule has 1 saturated carbocycles. The van der Waals surface area contributed by atoms with Crippen molar-refractivity contribution in [2.24, 2.45) is 11.8 Å². The van der Waals surface area contributed by atoms with Crippen molar-refractivity contribution in [1.29, 1.82) is 0 Å². The molecule has 1 aliphatic rings. The van der Waals surface area contributed by atoms with Crippen LogP contribution < -0.4 is 10.2 Å². The lowest BCUT2D eigenvalue weighted by Gasteiger charge is -2.32. The van der Waals surface area contributed by atoms with Gasteiger partial charge in [0.2, 0.25) is 0 Å². The van der Waals surface area contributed by atoms with Crippen molar-refractivity contribution in [1.82, 2.24) is 10.3 Å². The molecule has 0 aliphatic heterocycles. The minimum Gasteiger partial charge on any atom is -0.357 e. The van der Waals surface area contributed by atoms with Gasteiger partial charge in [0.05, 0.1) is 10.7 Å². The number of aromatic nitrogens is 1. The first-order chi connectivity index (χ1) is 10.1. The number of halogens is 1. The second kappa shape index (κ2) is 8.00. The predicted molar refractivity (Wildman–Crippen MR) is 91.0 cm³/mol. The first-order valence-electron chi connectivity index (χ1n) is 8.21. The van der Waals surface area contributed by atoms with E-state index < -0.39 is 0 Å².